The van der Waals surface area contributed by atoms with Gasteiger partial charge in [0.25, 0.3) is 0 Å². The second-order valence-electron chi connectivity index (χ2n) is 6.38. The predicted octanol–water partition coefficient (Wildman–Crippen LogP) is 2.50. The molecule has 0 saturated carbocycles. The number of nitrogens with zero attached hydrogens (tertiary/aromatic N) is 4. The van der Waals surface area contributed by atoms with Crippen molar-refractivity contribution in [2.75, 3.05) is 53.4 Å². The highest BCUT2D eigenvalue weighted by molar-refractivity contribution is 14.0. The van der Waals surface area contributed by atoms with Crippen LogP contribution >= 0.6 is 24.0 Å². The maximum Gasteiger partial charge on any atom is 0.242 e. The van der Waals surface area contributed by atoms with E-state index in [2.05, 4.69) is 46.5 Å². The highest BCUT2D eigenvalue weighted by Crippen LogP contribution is 2.02. The van der Waals surface area contributed by atoms with Crippen LogP contribution in [-0.2, 0) is 11.3 Å². The third-order valence-corrected chi connectivity index (χ3v) is 4.22. The van der Waals surface area contributed by atoms with Crippen molar-refractivity contribution in [3.05, 3.63) is 35.9 Å². The molecule has 0 aliphatic heterocycles. The van der Waals surface area contributed by atoms with Crippen LogP contribution in [-0.4, -0.2) is 79.9 Å². The Bertz CT molecular complexity index is 549. The first kappa shape index (κ1) is 25.6. The molecule has 0 heterocycles. The Labute approximate surface area is 182 Å². The van der Waals surface area contributed by atoms with Gasteiger partial charge in [-0.1, -0.05) is 30.3 Å². The molecule has 0 radical (unpaired) electrons. The Balaban J connectivity index is 0.00000676. The molecule has 0 saturated heterocycles. The van der Waals surface area contributed by atoms with Gasteiger partial charge in [0.15, 0.2) is 5.96 Å². The second kappa shape index (κ2) is 14.7. The van der Waals surface area contributed by atoms with Gasteiger partial charge in [-0.15, -0.1) is 24.0 Å². The summed E-state index contributed by atoms with van der Waals surface area (Å²) in [6, 6.07) is 10.4. The summed E-state index contributed by atoms with van der Waals surface area (Å²) in [5.74, 6) is 0.908. The van der Waals surface area contributed by atoms with Crippen LogP contribution in [0.3, 0.4) is 0 Å². The summed E-state index contributed by atoms with van der Waals surface area (Å²) < 4.78 is 0. The number of rotatable bonds is 10. The molecule has 0 bridgehead atoms. The lowest BCUT2D eigenvalue weighted by Gasteiger charge is -2.26. The summed E-state index contributed by atoms with van der Waals surface area (Å²) in [6.45, 7) is 11.1. The number of carbonyl (C=O) groups is 1. The van der Waals surface area contributed by atoms with Crippen molar-refractivity contribution >= 4 is 35.8 Å². The molecule has 1 rings (SSSR count). The minimum absolute atomic E-state index is 0. The van der Waals surface area contributed by atoms with Crippen molar-refractivity contribution in [2.45, 2.75) is 27.3 Å². The molecule has 0 aliphatic carbocycles. The highest BCUT2D eigenvalue weighted by Gasteiger charge is 2.14. The van der Waals surface area contributed by atoms with Crippen LogP contribution in [0.25, 0.3) is 0 Å². The number of amides is 1. The Hall–Kier alpha value is -1.35. The molecule has 6 nitrogen and oxygen atoms in total. The van der Waals surface area contributed by atoms with Crippen LogP contribution in [0, 0.1) is 0 Å². The van der Waals surface area contributed by atoms with Crippen LogP contribution in [0.2, 0.25) is 0 Å². The van der Waals surface area contributed by atoms with E-state index >= 15 is 0 Å². The van der Waals surface area contributed by atoms with E-state index in [0.717, 1.165) is 38.7 Å². The fourth-order valence-corrected chi connectivity index (χ4v) is 2.72. The van der Waals surface area contributed by atoms with E-state index in [1.807, 2.05) is 43.7 Å². The van der Waals surface area contributed by atoms with Crippen molar-refractivity contribution in [1.82, 2.24) is 20.0 Å². The maximum atomic E-state index is 12.3. The molecule has 0 fully saturated rings. The number of aliphatic imine (C=N–C) groups is 1. The number of nitrogens with one attached hydrogen (secondary N) is 1. The first-order chi connectivity index (χ1) is 12.5. The summed E-state index contributed by atoms with van der Waals surface area (Å²) in [5.41, 5.74) is 1.30. The number of carbonyl (C=O) groups excluding carboxylic acids is 1. The Morgan fingerprint density at radius 3 is 2.26 bits per heavy atom. The smallest absolute Gasteiger partial charge is 0.242 e. The quantitative estimate of drug-likeness (QED) is 0.312. The molecular formula is C20H36IN5O. The van der Waals surface area contributed by atoms with Crippen molar-refractivity contribution in [3.63, 3.8) is 0 Å². The molecule has 1 amide bonds. The number of halogens is 1. The van der Waals surface area contributed by atoms with Gasteiger partial charge >= 0.3 is 0 Å². The van der Waals surface area contributed by atoms with Gasteiger partial charge in [-0.2, -0.15) is 0 Å². The fourth-order valence-electron chi connectivity index (χ4n) is 2.72. The summed E-state index contributed by atoms with van der Waals surface area (Å²) in [5, 5.41) is 3.27. The monoisotopic (exact) mass is 489 g/mol. The first-order valence-electron chi connectivity index (χ1n) is 9.51. The van der Waals surface area contributed by atoms with Crippen molar-refractivity contribution in [2.24, 2.45) is 4.99 Å². The lowest BCUT2D eigenvalue weighted by Crippen LogP contribution is -2.45. The van der Waals surface area contributed by atoms with Crippen molar-refractivity contribution in [1.29, 1.82) is 0 Å². The minimum Gasteiger partial charge on any atom is -0.357 e. The molecule has 1 aromatic rings. The minimum atomic E-state index is 0. The van der Waals surface area contributed by atoms with E-state index < -0.39 is 0 Å². The molecule has 0 aliphatic rings. The number of benzene rings is 1. The van der Waals surface area contributed by atoms with E-state index in [0.29, 0.717) is 13.1 Å². The van der Waals surface area contributed by atoms with Gasteiger partial charge in [-0.05, 0) is 33.4 Å². The zero-order valence-corrected chi connectivity index (χ0v) is 19.8. The van der Waals surface area contributed by atoms with Gasteiger partial charge in [-0.25, -0.2) is 0 Å². The zero-order valence-electron chi connectivity index (χ0n) is 17.4. The number of hydrogen-bond donors (Lipinski definition) is 1. The van der Waals surface area contributed by atoms with Crippen molar-refractivity contribution in [3.8, 4) is 0 Å². The third-order valence-electron chi connectivity index (χ3n) is 4.22. The molecule has 1 aromatic carbocycles. The molecule has 1 N–H and O–H groups in total. The zero-order chi connectivity index (χ0) is 19.4. The fraction of sp³-hybridized carbons (Fsp3) is 0.600. The molecule has 7 heteroatoms. The average molecular weight is 489 g/mol. The van der Waals surface area contributed by atoms with Gasteiger partial charge in [-0.3, -0.25) is 9.79 Å². The number of hydrogen-bond acceptors (Lipinski definition) is 3. The first-order valence-corrected chi connectivity index (χ1v) is 9.51. The summed E-state index contributed by atoms with van der Waals surface area (Å²) in [6.07, 6.45) is 0. The van der Waals surface area contributed by atoms with E-state index in [4.69, 9.17) is 0 Å². The van der Waals surface area contributed by atoms with Crippen LogP contribution in [0.15, 0.2) is 35.3 Å². The second-order valence-corrected chi connectivity index (χ2v) is 6.38. The number of guanidine groups is 1. The van der Waals surface area contributed by atoms with Gasteiger partial charge in [0.1, 0.15) is 0 Å². The van der Waals surface area contributed by atoms with Gasteiger partial charge < -0.3 is 20.0 Å². The lowest BCUT2D eigenvalue weighted by molar-refractivity contribution is -0.131. The largest absolute Gasteiger partial charge is 0.357 e. The average Bonchev–Trinajstić information content (AvgIpc) is 2.62. The van der Waals surface area contributed by atoms with Gasteiger partial charge in [0.05, 0.1) is 13.1 Å². The van der Waals surface area contributed by atoms with E-state index in [-0.39, 0.29) is 29.9 Å². The topological polar surface area (TPSA) is 51.2 Å². The Morgan fingerprint density at radius 2 is 1.70 bits per heavy atom. The van der Waals surface area contributed by atoms with Crippen LogP contribution in [0.5, 0.6) is 0 Å². The van der Waals surface area contributed by atoms with Crippen LogP contribution in [0.1, 0.15) is 26.3 Å². The van der Waals surface area contributed by atoms with E-state index in [9.17, 15) is 4.79 Å². The van der Waals surface area contributed by atoms with Gasteiger partial charge in [0, 0.05) is 39.8 Å². The SMILES string of the molecule is CCNC(=NCCN(C)Cc1ccccc1)N(C)CC(=O)N(CC)CC.I. The predicted molar refractivity (Wildman–Crippen MR) is 125 cm³/mol. The summed E-state index contributed by atoms with van der Waals surface area (Å²) in [4.78, 5) is 23.0. The Morgan fingerprint density at radius 1 is 1.07 bits per heavy atom. The molecular weight excluding hydrogens is 453 g/mol. The maximum absolute atomic E-state index is 12.3. The van der Waals surface area contributed by atoms with Crippen molar-refractivity contribution < 1.29 is 4.79 Å². The van der Waals surface area contributed by atoms with E-state index in [1.54, 1.807) is 0 Å². The molecule has 27 heavy (non-hydrogen) atoms. The Kier molecular flexibility index (Phi) is 13.9. The van der Waals surface area contributed by atoms with E-state index in [1.165, 1.54) is 5.56 Å². The molecule has 0 atom stereocenters. The van der Waals surface area contributed by atoms with Crippen LogP contribution < -0.4 is 5.32 Å². The standard InChI is InChI=1S/C20H35N5O.HI/c1-6-21-20(24(5)17-19(26)25(7-2)8-3)22-14-15-23(4)16-18-12-10-9-11-13-18;/h9-13H,6-8,14-17H2,1-5H3,(H,21,22);1H. The highest BCUT2D eigenvalue weighted by atomic mass is 127. The molecule has 0 spiro atoms. The lowest BCUT2D eigenvalue weighted by atomic mass is 10.2. The number of likely N-dealkylation sites (N-methyl/N-ethyl adjacent to an activating group) is 3. The van der Waals surface area contributed by atoms with Crippen LogP contribution in [0.4, 0.5) is 0 Å². The molecule has 0 unspecified atom stereocenters. The summed E-state index contributed by atoms with van der Waals surface area (Å²) >= 11 is 0. The summed E-state index contributed by atoms with van der Waals surface area (Å²) in [7, 11) is 4.01. The third kappa shape index (κ3) is 9.95. The normalized spacial score (nSPS) is 11.1. The molecule has 0 aromatic heterocycles. The molecule has 154 valence electrons. The van der Waals surface area contributed by atoms with Gasteiger partial charge in [0.2, 0.25) is 5.91 Å².